The van der Waals surface area contributed by atoms with Gasteiger partial charge in [0.15, 0.2) is 0 Å². The summed E-state index contributed by atoms with van der Waals surface area (Å²) in [7, 11) is 0. The Morgan fingerprint density at radius 1 is 1.20 bits per heavy atom. The molecule has 4 heteroatoms. The monoisotopic (exact) mass is 270 g/mol. The minimum atomic E-state index is -0.565. The highest BCUT2D eigenvalue weighted by atomic mass is 19.1. The van der Waals surface area contributed by atoms with Gasteiger partial charge < -0.3 is 0 Å². The molecule has 0 radical (unpaired) electrons. The average Bonchev–Trinajstić information content (AvgIpc) is 2.48. The van der Waals surface area contributed by atoms with Crippen molar-refractivity contribution in [3.05, 3.63) is 71.0 Å². The Morgan fingerprint density at radius 3 is 2.55 bits per heavy atom. The van der Waals surface area contributed by atoms with Gasteiger partial charge in [-0.25, -0.2) is 9.82 Å². The molecule has 2 aromatic carbocycles. The van der Waals surface area contributed by atoms with Crippen LogP contribution in [-0.2, 0) is 6.42 Å². The van der Waals surface area contributed by atoms with Gasteiger partial charge in [0.25, 0.3) is 5.91 Å². The minimum absolute atomic E-state index is 0.0222. The molecule has 0 saturated carbocycles. The number of aryl methyl sites for hydroxylation is 1. The largest absolute Gasteiger partial charge is 0.274 e. The van der Waals surface area contributed by atoms with Crippen molar-refractivity contribution in [1.29, 1.82) is 0 Å². The van der Waals surface area contributed by atoms with Gasteiger partial charge in [-0.1, -0.05) is 43.3 Å². The standard InChI is InChI=1S/C16H15FN2O/c1-2-12-7-9-13(10-8-12)11-18-19-16(20)14-5-3-4-6-15(14)17/h3-11H,2H2,1H3,(H,19,20)/b18-11-. The van der Waals surface area contributed by atoms with E-state index in [1.807, 2.05) is 24.3 Å². The van der Waals surface area contributed by atoms with Crippen molar-refractivity contribution in [1.82, 2.24) is 5.43 Å². The van der Waals surface area contributed by atoms with E-state index in [2.05, 4.69) is 17.5 Å². The van der Waals surface area contributed by atoms with Gasteiger partial charge in [-0.15, -0.1) is 0 Å². The summed E-state index contributed by atoms with van der Waals surface area (Å²) in [4.78, 5) is 11.7. The highest BCUT2D eigenvalue weighted by molar-refractivity contribution is 5.95. The number of hydrogen-bond acceptors (Lipinski definition) is 2. The molecule has 0 aliphatic heterocycles. The summed E-state index contributed by atoms with van der Waals surface area (Å²) < 4.78 is 13.4. The molecule has 2 rings (SSSR count). The van der Waals surface area contributed by atoms with Gasteiger partial charge in [-0.3, -0.25) is 4.79 Å². The molecular weight excluding hydrogens is 255 g/mol. The number of hydrazone groups is 1. The van der Waals surface area contributed by atoms with Crippen molar-refractivity contribution >= 4 is 12.1 Å². The molecule has 102 valence electrons. The van der Waals surface area contributed by atoms with Gasteiger partial charge >= 0.3 is 0 Å². The molecule has 1 amide bonds. The average molecular weight is 270 g/mol. The lowest BCUT2D eigenvalue weighted by atomic mass is 10.1. The third kappa shape index (κ3) is 3.51. The molecule has 1 N–H and O–H groups in total. The second kappa shape index (κ2) is 6.61. The highest BCUT2D eigenvalue weighted by Crippen LogP contribution is 2.06. The molecule has 2 aromatic rings. The fourth-order valence-electron chi connectivity index (χ4n) is 1.71. The first-order chi connectivity index (χ1) is 9.70. The van der Waals surface area contributed by atoms with Crippen LogP contribution >= 0.6 is 0 Å². The zero-order valence-corrected chi connectivity index (χ0v) is 11.1. The topological polar surface area (TPSA) is 41.5 Å². The Labute approximate surface area is 117 Å². The van der Waals surface area contributed by atoms with Crippen molar-refractivity contribution in [2.45, 2.75) is 13.3 Å². The van der Waals surface area contributed by atoms with Crippen molar-refractivity contribution in [3.8, 4) is 0 Å². The molecule has 0 aliphatic carbocycles. The van der Waals surface area contributed by atoms with Crippen molar-refractivity contribution < 1.29 is 9.18 Å². The van der Waals surface area contributed by atoms with Gasteiger partial charge in [0.2, 0.25) is 0 Å². The molecule has 0 saturated heterocycles. The number of nitrogens with one attached hydrogen (secondary N) is 1. The zero-order valence-electron chi connectivity index (χ0n) is 11.1. The minimum Gasteiger partial charge on any atom is -0.267 e. The van der Waals surface area contributed by atoms with Crippen LogP contribution in [0.1, 0.15) is 28.4 Å². The second-order valence-electron chi connectivity index (χ2n) is 4.27. The van der Waals surface area contributed by atoms with E-state index < -0.39 is 11.7 Å². The number of nitrogens with zero attached hydrogens (tertiary/aromatic N) is 1. The van der Waals surface area contributed by atoms with E-state index in [9.17, 15) is 9.18 Å². The van der Waals surface area contributed by atoms with Crippen LogP contribution < -0.4 is 5.43 Å². The van der Waals surface area contributed by atoms with Gasteiger partial charge in [0, 0.05) is 0 Å². The normalized spacial score (nSPS) is 10.7. The van der Waals surface area contributed by atoms with E-state index in [4.69, 9.17) is 0 Å². The summed E-state index contributed by atoms with van der Waals surface area (Å²) in [5.41, 5.74) is 4.39. The van der Waals surface area contributed by atoms with Crippen LogP contribution in [-0.4, -0.2) is 12.1 Å². The Balaban J connectivity index is 1.99. The smallest absolute Gasteiger partial charge is 0.267 e. The van der Waals surface area contributed by atoms with Crippen molar-refractivity contribution in [3.63, 3.8) is 0 Å². The Bertz CT molecular complexity index is 621. The molecule has 0 bridgehead atoms. The van der Waals surface area contributed by atoms with Crippen LogP contribution in [0.4, 0.5) is 4.39 Å². The van der Waals surface area contributed by atoms with Gasteiger partial charge in [-0.2, -0.15) is 5.10 Å². The Morgan fingerprint density at radius 2 is 1.90 bits per heavy atom. The van der Waals surface area contributed by atoms with Crippen LogP contribution in [0.15, 0.2) is 53.6 Å². The molecule has 0 heterocycles. The first kappa shape index (κ1) is 13.9. The van der Waals surface area contributed by atoms with Crippen LogP contribution in [0, 0.1) is 5.82 Å². The van der Waals surface area contributed by atoms with Crippen molar-refractivity contribution in [2.75, 3.05) is 0 Å². The molecule has 0 aliphatic rings. The van der Waals surface area contributed by atoms with E-state index in [0.29, 0.717) is 0 Å². The molecule has 0 aromatic heterocycles. The van der Waals surface area contributed by atoms with E-state index in [0.717, 1.165) is 12.0 Å². The first-order valence-corrected chi connectivity index (χ1v) is 6.37. The first-order valence-electron chi connectivity index (χ1n) is 6.37. The maximum absolute atomic E-state index is 13.4. The van der Waals surface area contributed by atoms with Crippen molar-refractivity contribution in [2.24, 2.45) is 5.10 Å². The lowest BCUT2D eigenvalue weighted by molar-refractivity contribution is 0.0951. The molecule has 3 nitrogen and oxygen atoms in total. The third-order valence-electron chi connectivity index (χ3n) is 2.89. The van der Waals surface area contributed by atoms with E-state index in [-0.39, 0.29) is 5.56 Å². The van der Waals surface area contributed by atoms with Gasteiger partial charge in [-0.05, 0) is 29.7 Å². The lowest BCUT2D eigenvalue weighted by Crippen LogP contribution is -2.18. The molecule has 20 heavy (non-hydrogen) atoms. The molecule has 0 atom stereocenters. The number of carbonyl (C=O) groups excluding carboxylic acids is 1. The molecule has 0 spiro atoms. The fraction of sp³-hybridized carbons (Fsp3) is 0.125. The van der Waals surface area contributed by atoms with Crippen LogP contribution in [0.3, 0.4) is 0 Å². The number of hydrogen-bond donors (Lipinski definition) is 1. The maximum atomic E-state index is 13.4. The zero-order chi connectivity index (χ0) is 14.4. The fourth-order valence-corrected chi connectivity index (χ4v) is 1.71. The molecule has 0 fully saturated rings. The summed E-state index contributed by atoms with van der Waals surface area (Å²) in [6.45, 7) is 2.08. The summed E-state index contributed by atoms with van der Waals surface area (Å²) >= 11 is 0. The Hall–Kier alpha value is -2.49. The quantitative estimate of drug-likeness (QED) is 0.673. The van der Waals surface area contributed by atoms with Crippen LogP contribution in [0.5, 0.6) is 0 Å². The number of rotatable bonds is 4. The predicted molar refractivity (Wildman–Crippen MR) is 77.3 cm³/mol. The van der Waals surface area contributed by atoms with Gasteiger partial charge in [0.1, 0.15) is 5.82 Å². The number of carbonyl (C=O) groups is 1. The van der Waals surface area contributed by atoms with E-state index in [1.54, 1.807) is 6.07 Å². The van der Waals surface area contributed by atoms with Crippen LogP contribution in [0.2, 0.25) is 0 Å². The summed E-state index contributed by atoms with van der Waals surface area (Å²) in [6, 6.07) is 13.6. The van der Waals surface area contributed by atoms with E-state index >= 15 is 0 Å². The summed E-state index contributed by atoms with van der Waals surface area (Å²) in [5.74, 6) is -1.13. The lowest BCUT2D eigenvalue weighted by Gasteiger charge is -2.01. The van der Waals surface area contributed by atoms with E-state index in [1.165, 1.54) is 30.0 Å². The highest BCUT2D eigenvalue weighted by Gasteiger charge is 2.08. The summed E-state index contributed by atoms with van der Waals surface area (Å²) in [5, 5.41) is 3.82. The number of benzene rings is 2. The SMILES string of the molecule is CCc1ccc(/C=N\NC(=O)c2ccccc2F)cc1. The third-order valence-corrected chi connectivity index (χ3v) is 2.89. The molecular formula is C16H15FN2O. The Kier molecular flexibility index (Phi) is 4.60. The number of halogens is 1. The van der Waals surface area contributed by atoms with Gasteiger partial charge in [0.05, 0.1) is 11.8 Å². The molecule has 0 unspecified atom stereocenters. The predicted octanol–water partition coefficient (Wildman–Crippen LogP) is 3.15. The van der Waals surface area contributed by atoms with Crippen LogP contribution in [0.25, 0.3) is 0 Å². The summed E-state index contributed by atoms with van der Waals surface area (Å²) in [6.07, 6.45) is 2.50. The second-order valence-corrected chi connectivity index (χ2v) is 4.27. The maximum Gasteiger partial charge on any atom is 0.274 e. The number of amides is 1.